The third kappa shape index (κ3) is 4.77. The van der Waals surface area contributed by atoms with Crippen LogP contribution in [0.1, 0.15) is 27.0 Å². The molecule has 3 aromatic rings. The van der Waals surface area contributed by atoms with Crippen LogP contribution in [-0.4, -0.2) is 32.0 Å². The molecule has 166 valence electrons. The maximum atomic E-state index is 13.0. The van der Waals surface area contributed by atoms with E-state index in [0.717, 1.165) is 18.2 Å². The van der Waals surface area contributed by atoms with E-state index < -0.39 is 10.0 Å². The van der Waals surface area contributed by atoms with Gasteiger partial charge in [-0.15, -0.1) is 0 Å². The number of hydrogen-bond acceptors (Lipinski definition) is 3. The van der Waals surface area contributed by atoms with Gasteiger partial charge in [0.15, 0.2) is 0 Å². The first-order chi connectivity index (χ1) is 15.2. The van der Waals surface area contributed by atoms with E-state index in [0.29, 0.717) is 39.9 Å². The molecule has 0 spiro atoms. The average Bonchev–Trinajstić information content (AvgIpc) is 2.77. The summed E-state index contributed by atoms with van der Waals surface area (Å²) in [5.74, 6) is -0.0777. The van der Waals surface area contributed by atoms with Crippen molar-refractivity contribution in [3.05, 3.63) is 99.0 Å². The lowest BCUT2D eigenvalue weighted by Crippen LogP contribution is -2.36. The van der Waals surface area contributed by atoms with Crippen molar-refractivity contribution >= 4 is 44.8 Å². The van der Waals surface area contributed by atoms with Gasteiger partial charge in [-0.3, -0.25) is 9.10 Å². The zero-order chi connectivity index (χ0) is 22.9. The first-order valence-electron chi connectivity index (χ1n) is 10.1. The highest BCUT2D eigenvalue weighted by Gasteiger charge is 2.24. The van der Waals surface area contributed by atoms with Crippen molar-refractivity contribution in [1.29, 1.82) is 0 Å². The van der Waals surface area contributed by atoms with Crippen LogP contribution in [0.5, 0.6) is 0 Å². The first kappa shape index (κ1) is 22.6. The van der Waals surface area contributed by atoms with Gasteiger partial charge in [-0.2, -0.15) is 0 Å². The molecule has 1 heterocycles. The number of halogens is 2. The molecule has 0 saturated heterocycles. The molecule has 0 fully saturated rings. The lowest BCUT2D eigenvalue weighted by atomic mass is 9.99. The normalized spacial score (nSPS) is 13.5. The summed E-state index contributed by atoms with van der Waals surface area (Å²) in [6, 6.07) is 19.8. The molecule has 0 unspecified atom stereocenters. The highest BCUT2D eigenvalue weighted by Crippen LogP contribution is 2.29. The van der Waals surface area contributed by atoms with Crippen molar-refractivity contribution in [3.8, 4) is 0 Å². The van der Waals surface area contributed by atoms with E-state index in [1.807, 2.05) is 23.1 Å². The van der Waals surface area contributed by atoms with Crippen molar-refractivity contribution in [2.24, 2.45) is 0 Å². The van der Waals surface area contributed by atoms with Crippen LogP contribution >= 0.6 is 23.2 Å². The monoisotopic (exact) mass is 488 g/mol. The van der Waals surface area contributed by atoms with Crippen molar-refractivity contribution in [2.45, 2.75) is 19.5 Å². The predicted molar refractivity (Wildman–Crippen MR) is 129 cm³/mol. The van der Waals surface area contributed by atoms with Crippen LogP contribution in [0.3, 0.4) is 0 Å². The second-order valence-electron chi connectivity index (χ2n) is 7.76. The van der Waals surface area contributed by atoms with E-state index >= 15 is 0 Å². The minimum Gasteiger partial charge on any atom is -0.334 e. The Kier molecular flexibility index (Phi) is 6.47. The van der Waals surface area contributed by atoms with E-state index in [4.69, 9.17) is 23.2 Å². The highest BCUT2D eigenvalue weighted by atomic mass is 35.5. The van der Waals surface area contributed by atoms with Gasteiger partial charge in [-0.05, 0) is 53.9 Å². The molecule has 1 aliphatic heterocycles. The topological polar surface area (TPSA) is 57.7 Å². The number of nitrogens with zero attached hydrogens (tertiary/aromatic N) is 2. The van der Waals surface area contributed by atoms with Crippen molar-refractivity contribution in [1.82, 2.24) is 4.90 Å². The largest absolute Gasteiger partial charge is 0.334 e. The summed E-state index contributed by atoms with van der Waals surface area (Å²) in [5, 5.41) is 0.784. The minimum absolute atomic E-state index is 0.00641. The molecule has 0 aromatic heterocycles. The number of sulfonamides is 1. The Hall–Kier alpha value is -2.54. The molecule has 0 bridgehead atoms. The van der Waals surface area contributed by atoms with Gasteiger partial charge in [-0.25, -0.2) is 8.42 Å². The molecule has 0 radical (unpaired) electrons. The summed E-state index contributed by atoms with van der Waals surface area (Å²) in [7, 11) is -3.62. The predicted octanol–water partition coefficient (Wildman–Crippen LogP) is 5.16. The van der Waals surface area contributed by atoms with Gasteiger partial charge in [0.25, 0.3) is 5.91 Å². The summed E-state index contributed by atoms with van der Waals surface area (Å²) in [6.45, 7) is 1.21. The second-order valence-corrected chi connectivity index (χ2v) is 10.5. The van der Waals surface area contributed by atoms with Gasteiger partial charge < -0.3 is 4.90 Å². The number of rotatable bonds is 5. The molecule has 0 atom stereocenters. The summed E-state index contributed by atoms with van der Waals surface area (Å²) in [4.78, 5) is 14.8. The maximum Gasteiger partial charge on any atom is 0.254 e. The average molecular weight is 489 g/mol. The second kappa shape index (κ2) is 9.14. The van der Waals surface area contributed by atoms with Gasteiger partial charge in [0, 0.05) is 34.3 Å². The molecular formula is C24H22Cl2N2O3S. The molecule has 1 aliphatic rings. The third-order valence-corrected chi connectivity index (χ3v) is 7.43. The zero-order valence-electron chi connectivity index (χ0n) is 17.5. The van der Waals surface area contributed by atoms with Crippen LogP contribution in [0.2, 0.25) is 10.0 Å². The van der Waals surface area contributed by atoms with Gasteiger partial charge in [-0.1, -0.05) is 53.5 Å². The Labute approximate surface area is 198 Å². The number of hydrogen-bond donors (Lipinski definition) is 0. The fourth-order valence-corrected chi connectivity index (χ4v) is 5.23. The summed E-state index contributed by atoms with van der Waals surface area (Å²) < 4.78 is 26.2. The van der Waals surface area contributed by atoms with Gasteiger partial charge in [0.2, 0.25) is 10.0 Å². The van der Waals surface area contributed by atoms with Crippen molar-refractivity contribution in [3.63, 3.8) is 0 Å². The van der Waals surface area contributed by atoms with Crippen LogP contribution in [0.25, 0.3) is 0 Å². The maximum absolute atomic E-state index is 13.0. The van der Waals surface area contributed by atoms with Crippen LogP contribution in [0, 0.1) is 0 Å². The summed E-state index contributed by atoms with van der Waals surface area (Å²) in [5.41, 5.74) is 3.90. The first-order valence-corrected chi connectivity index (χ1v) is 12.7. The van der Waals surface area contributed by atoms with E-state index in [2.05, 4.69) is 6.07 Å². The molecule has 32 heavy (non-hydrogen) atoms. The number of fused-ring (bicyclic) bond motifs is 1. The fraction of sp³-hybridized carbons (Fsp3) is 0.208. The molecule has 0 N–H and O–H groups in total. The van der Waals surface area contributed by atoms with Gasteiger partial charge in [0.05, 0.1) is 18.5 Å². The van der Waals surface area contributed by atoms with E-state index in [9.17, 15) is 13.2 Å². The number of benzene rings is 3. The van der Waals surface area contributed by atoms with Crippen LogP contribution in [0.4, 0.5) is 5.69 Å². The van der Waals surface area contributed by atoms with Crippen molar-refractivity contribution in [2.75, 3.05) is 17.1 Å². The van der Waals surface area contributed by atoms with E-state index in [1.54, 1.807) is 42.5 Å². The molecule has 1 amide bonds. The van der Waals surface area contributed by atoms with Gasteiger partial charge >= 0.3 is 0 Å². The Morgan fingerprint density at radius 3 is 2.19 bits per heavy atom. The molecule has 5 nitrogen and oxygen atoms in total. The Morgan fingerprint density at radius 2 is 1.56 bits per heavy atom. The SMILES string of the molecule is CS(=O)(=O)N(Cc1c(Cl)cccc1Cl)c1ccc(C(=O)N2CCc3ccccc3C2)cc1. The lowest BCUT2D eigenvalue weighted by molar-refractivity contribution is 0.0734. The quantitative estimate of drug-likeness (QED) is 0.498. The third-order valence-electron chi connectivity index (χ3n) is 5.58. The zero-order valence-corrected chi connectivity index (χ0v) is 19.8. The molecule has 8 heteroatoms. The fourth-order valence-electron chi connectivity index (χ4n) is 3.85. The number of carbonyl (C=O) groups is 1. The lowest BCUT2D eigenvalue weighted by Gasteiger charge is -2.29. The van der Waals surface area contributed by atoms with Crippen LogP contribution in [0.15, 0.2) is 66.7 Å². The summed E-state index contributed by atoms with van der Waals surface area (Å²) >= 11 is 12.5. The number of anilines is 1. The highest BCUT2D eigenvalue weighted by molar-refractivity contribution is 7.92. The van der Waals surface area contributed by atoms with Crippen LogP contribution in [-0.2, 0) is 29.5 Å². The molecular weight excluding hydrogens is 467 g/mol. The number of carbonyl (C=O) groups excluding carboxylic acids is 1. The van der Waals surface area contributed by atoms with E-state index in [1.165, 1.54) is 9.87 Å². The molecule has 4 rings (SSSR count). The smallest absolute Gasteiger partial charge is 0.254 e. The molecule has 3 aromatic carbocycles. The molecule has 0 aliphatic carbocycles. The Balaban J connectivity index is 1.56. The van der Waals surface area contributed by atoms with Gasteiger partial charge in [0.1, 0.15) is 0 Å². The number of amides is 1. The minimum atomic E-state index is -3.62. The van der Waals surface area contributed by atoms with E-state index in [-0.39, 0.29) is 12.5 Å². The Bertz CT molecular complexity index is 1240. The van der Waals surface area contributed by atoms with Crippen molar-refractivity contribution < 1.29 is 13.2 Å². The summed E-state index contributed by atoms with van der Waals surface area (Å²) in [6.07, 6.45) is 1.95. The Morgan fingerprint density at radius 1 is 0.938 bits per heavy atom. The molecule has 0 saturated carbocycles. The van der Waals surface area contributed by atoms with Crippen LogP contribution < -0.4 is 4.31 Å². The standard InChI is InChI=1S/C24H22Cl2N2O3S/c1-32(30,31)28(16-21-22(25)7-4-8-23(21)26)20-11-9-18(10-12-20)24(29)27-14-13-17-5-2-3-6-19(17)15-27/h2-12H,13-16H2,1H3.